The van der Waals surface area contributed by atoms with Gasteiger partial charge in [-0.25, -0.2) is 4.39 Å². The van der Waals surface area contributed by atoms with E-state index < -0.39 is 10.7 Å². The SMILES string of the molecule is O=[N+]([O-])Cc1cccc(F)c1Br. The Balaban J connectivity index is 3.00. The van der Waals surface area contributed by atoms with Gasteiger partial charge in [-0.15, -0.1) is 0 Å². The monoisotopic (exact) mass is 233 g/mol. The highest BCUT2D eigenvalue weighted by atomic mass is 79.9. The van der Waals surface area contributed by atoms with Crippen molar-refractivity contribution >= 4 is 15.9 Å². The molecule has 1 aromatic carbocycles. The minimum Gasteiger partial charge on any atom is -0.264 e. The van der Waals surface area contributed by atoms with Crippen LogP contribution >= 0.6 is 15.9 Å². The lowest BCUT2D eigenvalue weighted by Crippen LogP contribution is -1.99. The van der Waals surface area contributed by atoms with Crippen LogP contribution in [0.1, 0.15) is 5.56 Å². The van der Waals surface area contributed by atoms with Gasteiger partial charge in [-0.1, -0.05) is 12.1 Å². The molecule has 0 saturated carbocycles. The molecule has 1 rings (SSSR count). The minimum atomic E-state index is -0.500. The van der Waals surface area contributed by atoms with Crippen molar-refractivity contribution < 1.29 is 9.31 Å². The summed E-state index contributed by atoms with van der Waals surface area (Å²) >= 11 is 2.93. The predicted molar refractivity (Wildman–Crippen MR) is 44.8 cm³/mol. The van der Waals surface area contributed by atoms with Gasteiger partial charge in [-0.05, 0) is 22.0 Å². The van der Waals surface area contributed by atoms with E-state index >= 15 is 0 Å². The van der Waals surface area contributed by atoms with E-state index in [4.69, 9.17) is 0 Å². The van der Waals surface area contributed by atoms with Crippen LogP contribution < -0.4 is 0 Å². The molecule has 0 spiro atoms. The number of rotatable bonds is 2. The van der Waals surface area contributed by atoms with E-state index in [0.717, 1.165) is 0 Å². The number of benzene rings is 1. The van der Waals surface area contributed by atoms with Crippen molar-refractivity contribution in [3.8, 4) is 0 Å². The lowest BCUT2D eigenvalue weighted by Gasteiger charge is -1.98. The van der Waals surface area contributed by atoms with Crippen LogP contribution in [0.3, 0.4) is 0 Å². The van der Waals surface area contributed by atoms with Crippen molar-refractivity contribution in [1.82, 2.24) is 0 Å². The summed E-state index contributed by atoms with van der Waals surface area (Å²) in [5.41, 5.74) is 0.347. The number of halogens is 2. The Morgan fingerprint density at radius 2 is 2.25 bits per heavy atom. The molecule has 5 heteroatoms. The van der Waals surface area contributed by atoms with Gasteiger partial charge in [0.2, 0.25) is 6.54 Å². The van der Waals surface area contributed by atoms with Crippen LogP contribution in [0, 0.1) is 15.9 Å². The van der Waals surface area contributed by atoms with Crippen molar-refractivity contribution in [2.45, 2.75) is 6.54 Å². The fraction of sp³-hybridized carbons (Fsp3) is 0.143. The minimum absolute atomic E-state index is 0.168. The molecule has 64 valence electrons. The molecule has 0 fully saturated rings. The van der Waals surface area contributed by atoms with E-state index in [9.17, 15) is 14.5 Å². The molecular weight excluding hydrogens is 229 g/mol. The molecule has 0 heterocycles. The van der Waals surface area contributed by atoms with Crippen molar-refractivity contribution in [3.05, 3.63) is 44.2 Å². The second kappa shape index (κ2) is 3.62. The molecule has 0 amide bonds. The Bertz CT molecular complexity index is 316. The Morgan fingerprint density at radius 3 is 2.83 bits per heavy atom. The number of hydrogen-bond acceptors (Lipinski definition) is 2. The first-order valence-corrected chi connectivity index (χ1v) is 3.95. The first kappa shape index (κ1) is 9.12. The molecule has 0 saturated heterocycles. The Morgan fingerprint density at radius 1 is 1.58 bits per heavy atom. The van der Waals surface area contributed by atoms with E-state index in [-0.39, 0.29) is 11.0 Å². The van der Waals surface area contributed by atoms with Crippen molar-refractivity contribution in [1.29, 1.82) is 0 Å². The number of hydrogen-bond donors (Lipinski definition) is 0. The fourth-order valence-electron chi connectivity index (χ4n) is 0.810. The standard InChI is InChI=1S/C7H5BrFNO2/c8-7-5(4-10(11)12)2-1-3-6(7)9/h1-3H,4H2. The molecular formula is C7H5BrFNO2. The summed E-state index contributed by atoms with van der Waals surface area (Å²) in [5, 5.41) is 10.1. The highest BCUT2D eigenvalue weighted by Crippen LogP contribution is 2.20. The Hall–Kier alpha value is -0.970. The second-order valence-corrected chi connectivity index (χ2v) is 3.00. The van der Waals surface area contributed by atoms with Gasteiger partial charge in [-0.2, -0.15) is 0 Å². The molecule has 0 aliphatic carbocycles. The molecule has 3 nitrogen and oxygen atoms in total. The van der Waals surface area contributed by atoms with E-state index in [1.54, 1.807) is 0 Å². The summed E-state index contributed by atoms with van der Waals surface area (Å²) in [6, 6.07) is 4.20. The van der Waals surface area contributed by atoms with Gasteiger partial charge in [-0.3, -0.25) is 10.1 Å². The molecule has 0 aliphatic rings. The first-order valence-electron chi connectivity index (χ1n) is 3.16. The Labute approximate surface area is 76.5 Å². The van der Waals surface area contributed by atoms with Gasteiger partial charge >= 0.3 is 0 Å². The maximum absolute atomic E-state index is 12.8. The van der Waals surface area contributed by atoms with Crippen LogP contribution in [0.15, 0.2) is 22.7 Å². The van der Waals surface area contributed by atoms with Crippen LogP contribution in [0.4, 0.5) is 4.39 Å². The summed E-state index contributed by atoms with van der Waals surface area (Å²) in [6.07, 6.45) is 0. The van der Waals surface area contributed by atoms with E-state index in [1.165, 1.54) is 18.2 Å². The molecule has 1 aromatic rings. The zero-order valence-electron chi connectivity index (χ0n) is 5.96. The maximum Gasteiger partial charge on any atom is 0.230 e. The largest absolute Gasteiger partial charge is 0.264 e. The zero-order chi connectivity index (χ0) is 9.14. The summed E-state index contributed by atoms with van der Waals surface area (Å²) in [5.74, 6) is -0.477. The lowest BCUT2D eigenvalue weighted by atomic mass is 10.2. The molecule has 0 bridgehead atoms. The molecule has 0 N–H and O–H groups in total. The fourth-order valence-corrected chi connectivity index (χ4v) is 1.20. The molecule has 0 unspecified atom stereocenters. The quantitative estimate of drug-likeness (QED) is 0.582. The van der Waals surface area contributed by atoms with E-state index in [1.807, 2.05) is 0 Å². The highest BCUT2D eigenvalue weighted by molar-refractivity contribution is 9.10. The van der Waals surface area contributed by atoms with Crippen LogP contribution in [0.2, 0.25) is 0 Å². The van der Waals surface area contributed by atoms with Gasteiger partial charge in [0.15, 0.2) is 0 Å². The first-order chi connectivity index (χ1) is 5.61. The van der Waals surface area contributed by atoms with Crippen molar-refractivity contribution in [3.63, 3.8) is 0 Å². The van der Waals surface area contributed by atoms with Crippen LogP contribution in [0.25, 0.3) is 0 Å². The molecule has 12 heavy (non-hydrogen) atoms. The molecule has 0 aromatic heterocycles. The molecule has 0 radical (unpaired) electrons. The summed E-state index contributed by atoms with van der Waals surface area (Å²) in [7, 11) is 0. The third-order valence-electron chi connectivity index (χ3n) is 1.33. The smallest absolute Gasteiger partial charge is 0.230 e. The van der Waals surface area contributed by atoms with Gasteiger partial charge in [0.1, 0.15) is 5.82 Å². The maximum atomic E-state index is 12.8. The predicted octanol–water partition coefficient (Wildman–Crippen LogP) is 2.36. The van der Waals surface area contributed by atoms with Crippen molar-refractivity contribution in [2.24, 2.45) is 0 Å². The molecule has 0 atom stereocenters. The number of nitro groups is 1. The second-order valence-electron chi connectivity index (χ2n) is 2.20. The van der Waals surface area contributed by atoms with E-state index in [0.29, 0.717) is 5.56 Å². The van der Waals surface area contributed by atoms with Gasteiger partial charge < -0.3 is 0 Å². The average Bonchev–Trinajstić information content (AvgIpc) is 1.98. The Kier molecular flexibility index (Phi) is 2.75. The molecule has 0 aliphatic heterocycles. The number of nitrogens with zero attached hydrogens (tertiary/aromatic N) is 1. The van der Waals surface area contributed by atoms with E-state index in [2.05, 4.69) is 15.9 Å². The normalized spacial score (nSPS) is 9.83. The summed E-state index contributed by atoms with van der Waals surface area (Å²) < 4.78 is 12.9. The zero-order valence-corrected chi connectivity index (χ0v) is 7.54. The highest BCUT2D eigenvalue weighted by Gasteiger charge is 2.09. The van der Waals surface area contributed by atoms with Crippen LogP contribution in [0.5, 0.6) is 0 Å². The van der Waals surface area contributed by atoms with Crippen LogP contribution in [-0.2, 0) is 6.54 Å². The third-order valence-corrected chi connectivity index (χ3v) is 2.22. The van der Waals surface area contributed by atoms with Gasteiger partial charge in [0.05, 0.1) is 4.47 Å². The van der Waals surface area contributed by atoms with Gasteiger partial charge in [0, 0.05) is 10.5 Å². The summed E-state index contributed by atoms with van der Waals surface area (Å²) in [4.78, 5) is 9.59. The lowest BCUT2D eigenvalue weighted by molar-refractivity contribution is -0.497. The van der Waals surface area contributed by atoms with Crippen molar-refractivity contribution in [2.75, 3.05) is 0 Å². The summed E-state index contributed by atoms with van der Waals surface area (Å²) in [6.45, 7) is -0.363. The van der Waals surface area contributed by atoms with Crippen LogP contribution in [-0.4, -0.2) is 4.92 Å². The topological polar surface area (TPSA) is 43.1 Å². The average molecular weight is 234 g/mol. The van der Waals surface area contributed by atoms with Gasteiger partial charge in [0.25, 0.3) is 0 Å². The third kappa shape index (κ3) is 2.01.